The number of benzene rings is 1. The molecule has 1 N–H and O–H groups in total. The first-order valence-electron chi connectivity index (χ1n) is 6.03. The molecule has 0 spiro atoms. The molecule has 1 aromatic carbocycles. The Bertz CT molecular complexity index is 640. The third-order valence-electron chi connectivity index (χ3n) is 2.77. The highest BCUT2D eigenvalue weighted by molar-refractivity contribution is 7.92. The van der Waals surface area contributed by atoms with E-state index in [1.807, 2.05) is 30.3 Å². The van der Waals surface area contributed by atoms with E-state index in [0.29, 0.717) is 17.8 Å². The minimum Gasteiger partial charge on any atom is -0.282 e. The van der Waals surface area contributed by atoms with Crippen molar-refractivity contribution >= 4 is 15.7 Å². The largest absolute Gasteiger partial charge is 0.282 e. The second kappa shape index (κ2) is 5.84. The van der Waals surface area contributed by atoms with Gasteiger partial charge in [-0.2, -0.15) is 0 Å². The molecule has 0 aliphatic rings. The molecule has 0 bridgehead atoms. The van der Waals surface area contributed by atoms with E-state index in [1.54, 1.807) is 25.3 Å². The number of aryl methyl sites for hydroxylation is 2. The van der Waals surface area contributed by atoms with E-state index >= 15 is 0 Å². The zero-order valence-corrected chi connectivity index (χ0v) is 11.5. The summed E-state index contributed by atoms with van der Waals surface area (Å²) in [5, 5.41) is 0. The van der Waals surface area contributed by atoms with Crippen LogP contribution in [0.5, 0.6) is 0 Å². The molecule has 2 aromatic rings. The minimum atomic E-state index is -3.35. The summed E-state index contributed by atoms with van der Waals surface area (Å²) in [6, 6.07) is 13.0. The lowest BCUT2D eigenvalue weighted by Gasteiger charge is -2.09. The fourth-order valence-corrected chi connectivity index (χ4v) is 2.86. The maximum absolute atomic E-state index is 12.0. The Hall–Kier alpha value is -1.88. The van der Waals surface area contributed by atoms with Crippen LogP contribution in [0.2, 0.25) is 0 Å². The molecule has 1 heterocycles. The lowest BCUT2D eigenvalue weighted by molar-refractivity contribution is 0.600. The van der Waals surface area contributed by atoms with Crippen molar-refractivity contribution in [2.24, 2.45) is 0 Å². The van der Waals surface area contributed by atoms with Gasteiger partial charge in [0.05, 0.1) is 17.1 Å². The number of nitrogens with one attached hydrogen (secondary N) is 1. The average Bonchev–Trinajstić information content (AvgIpc) is 2.40. The Labute approximate surface area is 113 Å². The molecule has 0 fully saturated rings. The van der Waals surface area contributed by atoms with Crippen LogP contribution in [0.1, 0.15) is 11.3 Å². The molecule has 0 atom stereocenters. The van der Waals surface area contributed by atoms with E-state index in [4.69, 9.17) is 0 Å². The number of anilines is 1. The van der Waals surface area contributed by atoms with Gasteiger partial charge < -0.3 is 0 Å². The maximum Gasteiger partial charge on any atom is 0.233 e. The molecule has 0 saturated heterocycles. The first kappa shape index (κ1) is 13.5. The standard InChI is InChI=1S/C14H16N2O2S/c1-12-14(8-5-10-15-12)16-19(17,18)11-9-13-6-3-2-4-7-13/h2-8,10,16H,9,11H2,1H3. The van der Waals surface area contributed by atoms with Gasteiger partial charge in [0.15, 0.2) is 0 Å². The molecule has 1 aromatic heterocycles. The predicted molar refractivity (Wildman–Crippen MR) is 76.5 cm³/mol. The SMILES string of the molecule is Cc1ncccc1NS(=O)(=O)CCc1ccccc1. The first-order valence-corrected chi connectivity index (χ1v) is 7.68. The van der Waals surface area contributed by atoms with Crippen molar-refractivity contribution in [3.8, 4) is 0 Å². The van der Waals surface area contributed by atoms with Crippen molar-refractivity contribution in [1.82, 2.24) is 4.98 Å². The minimum absolute atomic E-state index is 0.0609. The van der Waals surface area contributed by atoms with E-state index in [9.17, 15) is 8.42 Å². The highest BCUT2D eigenvalue weighted by Gasteiger charge is 2.12. The molecule has 0 saturated carbocycles. The van der Waals surface area contributed by atoms with Crippen LogP contribution >= 0.6 is 0 Å². The molecule has 5 heteroatoms. The highest BCUT2D eigenvalue weighted by Crippen LogP contribution is 2.13. The summed E-state index contributed by atoms with van der Waals surface area (Å²) in [7, 11) is -3.35. The normalized spacial score (nSPS) is 11.2. The van der Waals surface area contributed by atoms with E-state index in [2.05, 4.69) is 9.71 Å². The lowest BCUT2D eigenvalue weighted by atomic mass is 10.2. The monoisotopic (exact) mass is 276 g/mol. The number of nitrogens with zero attached hydrogens (tertiary/aromatic N) is 1. The third kappa shape index (κ3) is 4.06. The molecule has 0 aliphatic carbocycles. The molecule has 4 nitrogen and oxygen atoms in total. The summed E-state index contributed by atoms with van der Waals surface area (Å²) in [6.45, 7) is 1.77. The van der Waals surface area contributed by atoms with Gasteiger partial charge in [-0.05, 0) is 31.0 Å². The molecule has 0 radical (unpaired) electrons. The Morgan fingerprint density at radius 3 is 2.53 bits per heavy atom. The molecule has 0 aliphatic heterocycles. The fourth-order valence-electron chi connectivity index (χ4n) is 1.71. The van der Waals surface area contributed by atoms with Crippen molar-refractivity contribution in [3.05, 3.63) is 59.9 Å². The zero-order valence-electron chi connectivity index (χ0n) is 10.7. The topological polar surface area (TPSA) is 59.1 Å². The summed E-state index contributed by atoms with van der Waals surface area (Å²) in [5.41, 5.74) is 2.22. The highest BCUT2D eigenvalue weighted by atomic mass is 32.2. The van der Waals surface area contributed by atoms with Gasteiger partial charge >= 0.3 is 0 Å². The Balaban J connectivity index is 2.02. The van der Waals surface area contributed by atoms with Gasteiger partial charge in [-0.3, -0.25) is 9.71 Å². The van der Waals surface area contributed by atoms with Crippen LogP contribution in [0.3, 0.4) is 0 Å². The van der Waals surface area contributed by atoms with Crippen molar-refractivity contribution in [2.45, 2.75) is 13.3 Å². The van der Waals surface area contributed by atoms with Crippen LogP contribution in [-0.2, 0) is 16.4 Å². The number of sulfonamides is 1. The average molecular weight is 276 g/mol. The Morgan fingerprint density at radius 2 is 1.84 bits per heavy atom. The van der Waals surface area contributed by atoms with E-state index < -0.39 is 10.0 Å². The molecule has 2 rings (SSSR count). The van der Waals surface area contributed by atoms with Crippen LogP contribution in [0.4, 0.5) is 5.69 Å². The quantitative estimate of drug-likeness (QED) is 0.912. The van der Waals surface area contributed by atoms with Crippen LogP contribution in [0, 0.1) is 6.92 Å². The maximum atomic E-state index is 12.0. The van der Waals surface area contributed by atoms with Gasteiger partial charge in [0.25, 0.3) is 0 Å². The molecule has 100 valence electrons. The third-order valence-corrected chi connectivity index (χ3v) is 4.05. The first-order chi connectivity index (χ1) is 9.07. The zero-order chi connectivity index (χ0) is 13.7. The summed E-state index contributed by atoms with van der Waals surface area (Å²) >= 11 is 0. The second-order valence-corrected chi connectivity index (χ2v) is 6.13. The predicted octanol–water partition coefficient (Wildman–Crippen LogP) is 2.37. The molecule has 19 heavy (non-hydrogen) atoms. The Kier molecular flexibility index (Phi) is 4.16. The number of hydrogen-bond donors (Lipinski definition) is 1. The lowest BCUT2D eigenvalue weighted by Crippen LogP contribution is -2.19. The van der Waals surface area contributed by atoms with Crippen molar-refractivity contribution < 1.29 is 8.42 Å². The van der Waals surface area contributed by atoms with Gasteiger partial charge in [-0.1, -0.05) is 30.3 Å². The number of aromatic nitrogens is 1. The molecule has 0 unspecified atom stereocenters. The number of pyridine rings is 1. The summed E-state index contributed by atoms with van der Waals surface area (Å²) < 4.78 is 26.5. The van der Waals surface area contributed by atoms with Gasteiger partial charge in [-0.15, -0.1) is 0 Å². The summed E-state index contributed by atoms with van der Waals surface area (Å²) in [6.07, 6.45) is 2.13. The molecule has 0 amide bonds. The number of hydrogen-bond acceptors (Lipinski definition) is 3. The van der Waals surface area contributed by atoms with E-state index in [-0.39, 0.29) is 5.75 Å². The number of rotatable bonds is 5. The second-order valence-electron chi connectivity index (χ2n) is 4.29. The fraction of sp³-hybridized carbons (Fsp3) is 0.214. The van der Waals surface area contributed by atoms with Crippen molar-refractivity contribution in [2.75, 3.05) is 10.5 Å². The van der Waals surface area contributed by atoms with Crippen LogP contribution in [-0.4, -0.2) is 19.2 Å². The van der Waals surface area contributed by atoms with Gasteiger partial charge in [0.2, 0.25) is 10.0 Å². The van der Waals surface area contributed by atoms with E-state index in [1.165, 1.54) is 0 Å². The summed E-state index contributed by atoms with van der Waals surface area (Å²) in [5.74, 6) is 0.0609. The van der Waals surface area contributed by atoms with Crippen molar-refractivity contribution in [1.29, 1.82) is 0 Å². The van der Waals surface area contributed by atoms with Crippen LogP contribution in [0.25, 0.3) is 0 Å². The van der Waals surface area contributed by atoms with Crippen LogP contribution in [0.15, 0.2) is 48.7 Å². The van der Waals surface area contributed by atoms with Crippen molar-refractivity contribution in [3.63, 3.8) is 0 Å². The van der Waals surface area contributed by atoms with Crippen LogP contribution < -0.4 is 4.72 Å². The smallest absolute Gasteiger partial charge is 0.233 e. The molecular formula is C14H16N2O2S. The van der Waals surface area contributed by atoms with Gasteiger partial charge in [-0.25, -0.2) is 8.42 Å². The van der Waals surface area contributed by atoms with E-state index in [0.717, 1.165) is 5.56 Å². The van der Waals surface area contributed by atoms with Gasteiger partial charge in [0, 0.05) is 6.20 Å². The molecular weight excluding hydrogens is 260 g/mol. The van der Waals surface area contributed by atoms with Gasteiger partial charge in [0.1, 0.15) is 0 Å². The Morgan fingerprint density at radius 1 is 1.11 bits per heavy atom. The summed E-state index contributed by atoms with van der Waals surface area (Å²) in [4.78, 5) is 4.05.